The first-order chi connectivity index (χ1) is 8.54. The van der Waals surface area contributed by atoms with E-state index in [0.29, 0.717) is 0 Å². The highest BCUT2D eigenvalue weighted by Crippen LogP contribution is 2.33. The van der Waals surface area contributed by atoms with Gasteiger partial charge in [-0.1, -0.05) is 45.0 Å². The molecule has 0 amide bonds. The number of nitrogens with zero attached hydrogens (tertiary/aromatic N) is 3. The average Bonchev–Trinajstić information content (AvgIpc) is 2.74. The topological polar surface area (TPSA) is 18.8 Å². The van der Waals surface area contributed by atoms with Gasteiger partial charge in [0, 0.05) is 12.0 Å². The van der Waals surface area contributed by atoms with Gasteiger partial charge in [0.2, 0.25) is 0 Å². The fourth-order valence-electron chi connectivity index (χ4n) is 2.24. The Morgan fingerprint density at radius 3 is 2.56 bits per heavy atom. The maximum absolute atomic E-state index is 4.42. The van der Waals surface area contributed by atoms with Gasteiger partial charge in [-0.25, -0.2) is 5.01 Å². The van der Waals surface area contributed by atoms with Gasteiger partial charge in [-0.15, -0.1) is 11.7 Å². The number of benzene rings is 1. The van der Waals surface area contributed by atoms with Crippen molar-refractivity contribution in [3.8, 4) is 0 Å². The van der Waals surface area contributed by atoms with Crippen LogP contribution in [0.5, 0.6) is 0 Å². The summed E-state index contributed by atoms with van der Waals surface area (Å²) in [5.41, 5.74) is 1.17. The summed E-state index contributed by atoms with van der Waals surface area (Å²) in [6.07, 6.45) is 5.13. The largest absolute Gasteiger partial charge is 0.326 e. The average molecular weight is 242 g/mol. The summed E-state index contributed by atoms with van der Waals surface area (Å²) in [5, 5.41) is 6.45. The first-order valence-electron chi connectivity index (χ1n) is 6.22. The van der Waals surface area contributed by atoms with Crippen LogP contribution >= 0.6 is 0 Å². The van der Waals surface area contributed by atoms with Gasteiger partial charge in [0.1, 0.15) is 6.17 Å². The summed E-state index contributed by atoms with van der Waals surface area (Å²) in [6.45, 7) is 11.2. The molecule has 1 aromatic carbocycles. The molecular formula is C15H20N3. The molecule has 0 saturated carbocycles. The van der Waals surface area contributed by atoms with E-state index in [1.165, 1.54) is 0 Å². The molecule has 95 valence electrons. The van der Waals surface area contributed by atoms with E-state index in [2.05, 4.69) is 55.8 Å². The van der Waals surface area contributed by atoms with Crippen molar-refractivity contribution in [3.05, 3.63) is 43.0 Å². The zero-order chi connectivity index (χ0) is 13.2. The van der Waals surface area contributed by atoms with Crippen molar-refractivity contribution in [1.29, 1.82) is 0 Å². The van der Waals surface area contributed by atoms with E-state index < -0.39 is 0 Å². The minimum absolute atomic E-state index is 0.0752. The normalized spacial score (nSPS) is 19.4. The molecule has 0 bridgehead atoms. The molecule has 0 aromatic heterocycles. The van der Waals surface area contributed by atoms with E-state index >= 15 is 0 Å². The molecule has 1 aliphatic rings. The van der Waals surface area contributed by atoms with E-state index in [-0.39, 0.29) is 11.6 Å². The molecule has 1 atom stereocenters. The third-order valence-electron chi connectivity index (χ3n) is 2.93. The number of para-hydroxylation sites is 1. The Labute approximate surface area is 109 Å². The third kappa shape index (κ3) is 2.40. The second kappa shape index (κ2) is 4.84. The van der Waals surface area contributed by atoms with Gasteiger partial charge in [-0.3, -0.25) is 0 Å². The van der Waals surface area contributed by atoms with Crippen molar-refractivity contribution >= 4 is 12.0 Å². The molecule has 3 nitrogen and oxygen atoms in total. The first-order valence-corrected chi connectivity index (χ1v) is 6.22. The van der Waals surface area contributed by atoms with E-state index in [0.717, 1.165) is 12.2 Å². The van der Waals surface area contributed by atoms with Gasteiger partial charge < -0.3 is 4.90 Å². The Morgan fingerprint density at radius 2 is 2.00 bits per heavy atom. The number of hydrogen-bond donors (Lipinski definition) is 0. The Bertz CT molecular complexity index is 431. The van der Waals surface area contributed by atoms with Crippen molar-refractivity contribution in [1.82, 2.24) is 4.90 Å². The molecule has 2 rings (SSSR count). The molecule has 0 N–H and O–H groups in total. The van der Waals surface area contributed by atoms with E-state index in [1.807, 2.05) is 29.3 Å². The molecular weight excluding hydrogens is 222 g/mol. The second-order valence-corrected chi connectivity index (χ2v) is 5.56. The lowest BCUT2D eigenvalue weighted by Crippen LogP contribution is -2.48. The standard InChI is InChI=1S/C15H20N3/c1-5-11-17-12-16-18(14(17)15(2,3)4)13-9-7-6-8-10-13/h5-10,14H,1,11H2,2-4H3. The van der Waals surface area contributed by atoms with Crippen LogP contribution in [0.25, 0.3) is 0 Å². The summed E-state index contributed by atoms with van der Waals surface area (Å²) < 4.78 is 0. The predicted octanol–water partition coefficient (Wildman–Crippen LogP) is 3.19. The van der Waals surface area contributed by atoms with Gasteiger partial charge in [-0.2, -0.15) is 0 Å². The monoisotopic (exact) mass is 242 g/mol. The van der Waals surface area contributed by atoms with Crippen molar-refractivity contribution in [3.63, 3.8) is 0 Å². The number of hydrazone groups is 1. The summed E-state index contributed by atoms with van der Waals surface area (Å²) in [4.78, 5) is 2.10. The molecule has 3 heteroatoms. The highest BCUT2D eigenvalue weighted by Gasteiger charge is 2.38. The van der Waals surface area contributed by atoms with Crippen LogP contribution in [-0.2, 0) is 0 Å². The van der Waals surface area contributed by atoms with Gasteiger partial charge in [0.05, 0.1) is 5.69 Å². The van der Waals surface area contributed by atoms with Crippen LogP contribution in [0.2, 0.25) is 0 Å². The van der Waals surface area contributed by atoms with Crippen molar-refractivity contribution in [2.75, 3.05) is 11.6 Å². The van der Waals surface area contributed by atoms with Crippen molar-refractivity contribution in [2.45, 2.75) is 26.9 Å². The summed E-state index contributed by atoms with van der Waals surface area (Å²) in [5.74, 6) is 0. The third-order valence-corrected chi connectivity index (χ3v) is 2.93. The van der Waals surface area contributed by atoms with Crippen molar-refractivity contribution < 1.29 is 0 Å². The fraction of sp³-hybridized carbons (Fsp3) is 0.400. The summed E-state index contributed by atoms with van der Waals surface area (Å²) >= 11 is 0. The van der Waals surface area contributed by atoms with Crippen LogP contribution < -0.4 is 5.01 Å². The Morgan fingerprint density at radius 1 is 1.33 bits per heavy atom. The molecule has 1 aromatic rings. The quantitative estimate of drug-likeness (QED) is 0.758. The van der Waals surface area contributed by atoms with E-state index in [4.69, 9.17) is 0 Å². The molecule has 1 aliphatic heterocycles. The van der Waals surface area contributed by atoms with Gasteiger partial charge in [-0.05, 0) is 12.1 Å². The Hall–Kier alpha value is -1.77. The van der Waals surface area contributed by atoms with Crippen LogP contribution in [0.1, 0.15) is 20.8 Å². The number of rotatable bonds is 3. The van der Waals surface area contributed by atoms with Crippen LogP contribution in [-0.4, -0.2) is 23.9 Å². The highest BCUT2D eigenvalue weighted by atomic mass is 15.6. The molecule has 0 saturated heterocycles. The lowest BCUT2D eigenvalue weighted by molar-refractivity contribution is 0.193. The van der Waals surface area contributed by atoms with E-state index in [9.17, 15) is 0 Å². The lowest BCUT2D eigenvalue weighted by Gasteiger charge is -2.39. The van der Waals surface area contributed by atoms with Gasteiger partial charge >= 0.3 is 0 Å². The molecule has 1 unspecified atom stereocenters. The van der Waals surface area contributed by atoms with Gasteiger partial charge in [0.15, 0.2) is 6.34 Å². The van der Waals surface area contributed by atoms with Crippen molar-refractivity contribution in [2.24, 2.45) is 10.5 Å². The number of hydrogen-bond acceptors (Lipinski definition) is 3. The minimum atomic E-state index is 0.0752. The van der Waals surface area contributed by atoms with E-state index in [1.54, 1.807) is 0 Å². The van der Waals surface area contributed by atoms with Gasteiger partial charge in [0.25, 0.3) is 0 Å². The Kier molecular flexibility index (Phi) is 3.41. The highest BCUT2D eigenvalue weighted by molar-refractivity contribution is 5.65. The smallest absolute Gasteiger partial charge is 0.196 e. The molecule has 0 aliphatic carbocycles. The predicted molar refractivity (Wildman–Crippen MR) is 76.5 cm³/mol. The Balaban J connectivity index is 2.31. The lowest BCUT2D eigenvalue weighted by atomic mass is 9.91. The molecule has 1 radical (unpaired) electrons. The molecule has 0 fully saturated rings. The summed E-state index contributed by atoms with van der Waals surface area (Å²) in [6, 6.07) is 10.2. The van der Waals surface area contributed by atoms with Crippen LogP contribution in [0.3, 0.4) is 0 Å². The molecule has 0 spiro atoms. The maximum atomic E-state index is 4.42. The maximum Gasteiger partial charge on any atom is 0.196 e. The second-order valence-electron chi connectivity index (χ2n) is 5.56. The fourth-order valence-corrected chi connectivity index (χ4v) is 2.24. The minimum Gasteiger partial charge on any atom is -0.326 e. The molecule has 18 heavy (non-hydrogen) atoms. The molecule has 1 heterocycles. The van der Waals surface area contributed by atoms with Crippen LogP contribution in [0.4, 0.5) is 5.69 Å². The number of anilines is 1. The summed E-state index contributed by atoms with van der Waals surface area (Å²) in [7, 11) is 0. The van der Waals surface area contributed by atoms with Crippen LogP contribution in [0, 0.1) is 5.41 Å². The zero-order valence-electron chi connectivity index (χ0n) is 11.3. The van der Waals surface area contributed by atoms with Crippen LogP contribution in [0.15, 0.2) is 48.1 Å². The first kappa shape index (κ1) is 12.7. The SMILES string of the molecule is C=CCN1[C]=NN(c2ccccc2)C1C(C)(C)C. The zero-order valence-corrected chi connectivity index (χ0v) is 11.3.